The normalized spacial score (nSPS) is 9.00. The number of ether oxygens (including phenoxy) is 1. The zero-order valence-corrected chi connectivity index (χ0v) is 7.58. The maximum atomic E-state index is 10.6. The van der Waals surface area contributed by atoms with Crippen molar-refractivity contribution in [1.29, 1.82) is 0 Å². The third-order valence-electron chi connectivity index (χ3n) is 1.10. The molecule has 0 heterocycles. The number of esters is 1. The Morgan fingerprint density at radius 3 is 2.85 bits per heavy atom. The number of hydrogen-bond acceptors (Lipinski definition) is 3. The fourth-order valence-corrected chi connectivity index (χ4v) is 0.574. The van der Waals surface area contributed by atoms with Crippen LogP contribution in [0.3, 0.4) is 0 Å². The van der Waals surface area contributed by atoms with E-state index in [0.29, 0.717) is 19.4 Å². The summed E-state index contributed by atoms with van der Waals surface area (Å²) in [6.07, 6.45) is 5.25. The molecule has 0 aromatic carbocycles. The zero-order chi connectivity index (χ0) is 9.94. The smallest absolute Gasteiger partial charge is 0.384 e. The molecule has 0 saturated heterocycles. The van der Waals surface area contributed by atoms with E-state index in [1.165, 1.54) is 0 Å². The summed E-state index contributed by atoms with van der Waals surface area (Å²) in [6.45, 7) is 2.06. The van der Waals surface area contributed by atoms with Gasteiger partial charge in [-0.3, -0.25) is 0 Å². The Morgan fingerprint density at radius 2 is 2.23 bits per heavy atom. The van der Waals surface area contributed by atoms with E-state index in [-0.39, 0.29) is 0 Å². The first-order chi connectivity index (χ1) is 6.31. The first-order valence-electron chi connectivity index (χ1n) is 4.08. The van der Waals surface area contributed by atoms with Gasteiger partial charge in [-0.2, -0.15) is 0 Å². The van der Waals surface area contributed by atoms with Crippen LogP contribution in [0.15, 0.2) is 12.2 Å². The van der Waals surface area contributed by atoms with Crippen molar-refractivity contribution in [3.63, 3.8) is 0 Å². The van der Waals surface area contributed by atoms with E-state index in [4.69, 9.17) is 0 Å². The van der Waals surface area contributed by atoms with Gasteiger partial charge < -0.3 is 9.53 Å². The monoisotopic (exact) mass is 180 g/mol. The van der Waals surface area contributed by atoms with Crippen LogP contribution in [0.25, 0.3) is 0 Å². The van der Waals surface area contributed by atoms with Gasteiger partial charge in [0.2, 0.25) is 0 Å². The van der Waals surface area contributed by atoms with E-state index < -0.39 is 5.97 Å². The summed E-state index contributed by atoms with van der Waals surface area (Å²) in [4.78, 5) is 20.5. The van der Waals surface area contributed by atoms with E-state index in [2.05, 4.69) is 16.6 Å². The van der Waals surface area contributed by atoms with Crippen LogP contribution in [0.4, 0.5) is 0 Å². The van der Waals surface area contributed by atoms with Gasteiger partial charge >= 0.3 is 5.97 Å². The topological polar surface area (TPSA) is 43.4 Å². The van der Waals surface area contributed by atoms with Crippen molar-refractivity contribution in [2.75, 3.05) is 6.61 Å². The molecule has 0 atom stereocenters. The minimum absolute atomic E-state index is 0.336. The van der Waals surface area contributed by atoms with Gasteiger partial charge in [0.1, 0.15) is 6.29 Å². The van der Waals surface area contributed by atoms with Crippen LogP contribution in [0.5, 0.6) is 0 Å². The van der Waals surface area contributed by atoms with E-state index in [0.717, 1.165) is 6.29 Å². The van der Waals surface area contributed by atoms with Gasteiger partial charge in [0.25, 0.3) is 0 Å². The van der Waals surface area contributed by atoms with Crippen LogP contribution in [-0.2, 0) is 14.3 Å². The molecular weight excluding hydrogens is 168 g/mol. The Hall–Kier alpha value is -1.56. The average Bonchev–Trinajstić information content (AvgIpc) is 2.11. The molecule has 0 rings (SSSR count). The van der Waals surface area contributed by atoms with Crippen molar-refractivity contribution in [3.05, 3.63) is 12.2 Å². The van der Waals surface area contributed by atoms with E-state index in [1.807, 2.05) is 0 Å². The summed E-state index contributed by atoms with van der Waals surface area (Å²) < 4.78 is 4.57. The number of carbonyl (C=O) groups is 2. The molecule has 70 valence electrons. The van der Waals surface area contributed by atoms with E-state index in [1.54, 1.807) is 19.1 Å². The largest absolute Gasteiger partial charge is 0.456 e. The van der Waals surface area contributed by atoms with Crippen molar-refractivity contribution in [2.24, 2.45) is 0 Å². The van der Waals surface area contributed by atoms with Gasteiger partial charge in [-0.25, -0.2) is 4.79 Å². The van der Waals surface area contributed by atoms with Gasteiger partial charge in [0.05, 0.1) is 6.61 Å². The highest BCUT2D eigenvalue weighted by atomic mass is 16.5. The lowest BCUT2D eigenvalue weighted by atomic mass is 10.3. The fourth-order valence-electron chi connectivity index (χ4n) is 0.574. The standard InChI is InChI=1S/C10H12O3/c1-2-13-10(12)8-6-4-3-5-7-9-11/h3-4,9H,2,5,7H2,1H3/b4-3+. The molecule has 13 heavy (non-hydrogen) atoms. The number of hydrogen-bond donors (Lipinski definition) is 0. The summed E-state index contributed by atoms with van der Waals surface area (Å²) in [7, 11) is 0. The Labute approximate surface area is 77.8 Å². The molecule has 0 aliphatic heterocycles. The molecule has 0 aromatic rings. The molecule has 0 saturated carbocycles. The molecule has 0 bridgehead atoms. The first-order valence-corrected chi connectivity index (χ1v) is 4.08. The molecule has 0 N–H and O–H groups in total. The van der Waals surface area contributed by atoms with Crippen molar-refractivity contribution in [1.82, 2.24) is 0 Å². The molecule has 3 nitrogen and oxygen atoms in total. The van der Waals surface area contributed by atoms with E-state index in [9.17, 15) is 9.59 Å². The highest BCUT2D eigenvalue weighted by molar-refractivity contribution is 5.88. The van der Waals surface area contributed by atoms with Crippen molar-refractivity contribution in [3.8, 4) is 11.8 Å². The number of rotatable bonds is 4. The van der Waals surface area contributed by atoms with Crippen LogP contribution in [0, 0.1) is 11.8 Å². The first kappa shape index (κ1) is 11.4. The molecule has 0 fully saturated rings. The lowest BCUT2D eigenvalue weighted by Gasteiger charge is -1.89. The lowest BCUT2D eigenvalue weighted by molar-refractivity contribution is -0.136. The molecule has 0 aromatic heterocycles. The van der Waals surface area contributed by atoms with Gasteiger partial charge in [-0.15, -0.1) is 0 Å². The molecule has 0 spiro atoms. The predicted octanol–water partition coefficient (Wildman–Crippen LogP) is 1.09. The van der Waals surface area contributed by atoms with Crippen LogP contribution >= 0.6 is 0 Å². The summed E-state index contributed by atoms with van der Waals surface area (Å²) in [5.74, 6) is 4.26. The summed E-state index contributed by atoms with van der Waals surface area (Å²) >= 11 is 0. The molecule has 0 radical (unpaired) electrons. The van der Waals surface area contributed by atoms with Crippen LogP contribution < -0.4 is 0 Å². The summed E-state index contributed by atoms with van der Waals surface area (Å²) in [5.41, 5.74) is 0. The third-order valence-corrected chi connectivity index (χ3v) is 1.10. The van der Waals surface area contributed by atoms with Crippen molar-refractivity contribution in [2.45, 2.75) is 19.8 Å². The molecule has 0 unspecified atom stereocenters. The maximum Gasteiger partial charge on any atom is 0.384 e. The molecule has 0 aliphatic carbocycles. The number of unbranched alkanes of at least 4 members (excludes halogenated alkanes) is 1. The SMILES string of the molecule is CCOC(=O)C#C/C=C/CCC=O. The van der Waals surface area contributed by atoms with E-state index >= 15 is 0 Å². The lowest BCUT2D eigenvalue weighted by Crippen LogP contribution is -1.98. The Balaban J connectivity index is 3.64. The van der Waals surface area contributed by atoms with Gasteiger partial charge in [0.15, 0.2) is 0 Å². The Morgan fingerprint density at radius 1 is 1.46 bits per heavy atom. The summed E-state index contributed by atoms with van der Waals surface area (Å²) in [5, 5.41) is 0. The minimum atomic E-state index is -0.525. The van der Waals surface area contributed by atoms with Crippen molar-refractivity contribution >= 4 is 12.3 Å². The van der Waals surface area contributed by atoms with Gasteiger partial charge in [0, 0.05) is 12.3 Å². The number of allylic oxidation sites excluding steroid dienone is 2. The van der Waals surface area contributed by atoms with Crippen LogP contribution in [0.1, 0.15) is 19.8 Å². The number of aldehydes is 1. The molecule has 0 amide bonds. The predicted molar refractivity (Wildman–Crippen MR) is 48.8 cm³/mol. The molecular formula is C10H12O3. The fraction of sp³-hybridized carbons (Fsp3) is 0.400. The minimum Gasteiger partial charge on any atom is -0.456 e. The van der Waals surface area contributed by atoms with Gasteiger partial charge in [-0.1, -0.05) is 12.0 Å². The second kappa shape index (κ2) is 8.54. The quantitative estimate of drug-likeness (QED) is 0.214. The highest BCUT2D eigenvalue weighted by Crippen LogP contribution is 1.85. The molecule has 0 aliphatic rings. The van der Waals surface area contributed by atoms with Gasteiger partial charge in [-0.05, 0) is 19.4 Å². The molecule has 3 heteroatoms. The summed E-state index contributed by atoms with van der Waals surface area (Å²) in [6, 6.07) is 0. The Bertz CT molecular complexity index is 243. The highest BCUT2D eigenvalue weighted by Gasteiger charge is 1.89. The van der Waals surface area contributed by atoms with Crippen molar-refractivity contribution < 1.29 is 14.3 Å². The van der Waals surface area contributed by atoms with Crippen LogP contribution in [0.2, 0.25) is 0 Å². The Kier molecular flexibility index (Phi) is 7.51. The third kappa shape index (κ3) is 8.35. The number of carbonyl (C=O) groups excluding carboxylic acids is 2. The maximum absolute atomic E-state index is 10.6. The average molecular weight is 180 g/mol. The second-order valence-electron chi connectivity index (χ2n) is 2.14. The zero-order valence-electron chi connectivity index (χ0n) is 7.58. The van der Waals surface area contributed by atoms with Crippen LogP contribution in [-0.4, -0.2) is 18.9 Å². The second-order valence-corrected chi connectivity index (χ2v) is 2.14.